The van der Waals surface area contributed by atoms with E-state index in [4.69, 9.17) is 4.42 Å². The zero-order valence-corrected chi connectivity index (χ0v) is 13.3. The second-order valence-electron chi connectivity index (χ2n) is 7.53. The number of furan rings is 1. The summed E-state index contributed by atoms with van der Waals surface area (Å²) in [5, 5.41) is 10.5. The van der Waals surface area contributed by atoms with Crippen LogP contribution in [0.1, 0.15) is 68.9 Å². The molecule has 1 aliphatic rings. The van der Waals surface area contributed by atoms with E-state index in [2.05, 4.69) is 45.9 Å². The van der Waals surface area contributed by atoms with Crippen molar-refractivity contribution >= 4 is 0 Å². The molecule has 3 rings (SSSR count). The fraction of sp³-hybridized carbons (Fsp3) is 0.474. The molecule has 112 valence electrons. The van der Waals surface area contributed by atoms with Gasteiger partial charge in [0.1, 0.15) is 6.10 Å². The van der Waals surface area contributed by atoms with E-state index in [0.717, 1.165) is 11.1 Å². The molecule has 1 heterocycles. The fourth-order valence-corrected chi connectivity index (χ4v) is 3.40. The van der Waals surface area contributed by atoms with E-state index in [-0.39, 0.29) is 10.8 Å². The van der Waals surface area contributed by atoms with Crippen molar-refractivity contribution in [2.45, 2.75) is 57.5 Å². The van der Waals surface area contributed by atoms with Crippen LogP contribution in [0.2, 0.25) is 0 Å². The molecule has 0 radical (unpaired) electrons. The van der Waals surface area contributed by atoms with E-state index in [1.54, 1.807) is 12.5 Å². The SMILES string of the molecule is CC1(C)CCC(C)(C)c2cc([C@H](O)c3ccoc3)ccc21. The second kappa shape index (κ2) is 4.74. The van der Waals surface area contributed by atoms with Crippen LogP contribution in [-0.2, 0) is 10.8 Å². The standard InChI is InChI=1S/C19H24O2/c1-18(2)8-9-19(3,4)16-11-13(5-6-15(16)18)17(20)14-7-10-21-12-14/h5-7,10-12,17,20H,8-9H2,1-4H3/t17-/m0/s1. The van der Waals surface area contributed by atoms with Crippen LogP contribution >= 0.6 is 0 Å². The first-order chi connectivity index (χ1) is 9.81. The summed E-state index contributed by atoms with van der Waals surface area (Å²) in [5.41, 5.74) is 4.92. The van der Waals surface area contributed by atoms with Crippen LogP contribution in [0.4, 0.5) is 0 Å². The van der Waals surface area contributed by atoms with Crippen molar-refractivity contribution in [3.8, 4) is 0 Å². The van der Waals surface area contributed by atoms with Gasteiger partial charge in [-0.2, -0.15) is 0 Å². The summed E-state index contributed by atoms with van der Waals surface area (Å²) >= 11 is 0. The Morgan fingerprint density at radius 1 is 0.952 bits per heavy atom. The molecule has 2 heteroatoms. The van der Waals surface area contributed by atoms with E-state index >= 15 is 0 Å². The zero-order valence-electron chi connectivity index (χ0n) is 13.3. The average molecular weight is 284 g/mol. The first-order valence-corrected chi connectivity index (χ1v) is 7.66. The molecule has 0 spiro atoms. The Labute approximate surface area is 126 Å². The van der Waals surface area contributed by atoms with Crippen LogP contribution in [0, 0.1) is 0 Å². The zero-order chi connectivity index (χ0) is 15.3. The second-order valence-corrected chi connectivity index (χ2v) is 7.53. The highest BCUT2D eigenvalue weighted by Crippen LogP contribution is 2.46. The van der Waals surface area contributed by atoms with Crippen molar-refractivity contribution in [2.24, 2.45) is 0 Å². The van der Waals surface area contributed by atoms with Crippen LogP contribution in [0.3, 0.4) is 0 Å². The number of aliphatic hydroxyl groups excluding tert-OH is 1. The summed E-state index contributed by atoms with van der Waals surface area (Å²) in [6.07, 6.45) is 4.98. The van der Waals surface area contributed by atoms with Gasteiger partial charge in [-0.15, -0.1) is 0 Å². The lowest BCUT2D eigenvalue weighted by molar-refractivity contribution is 0.218. The highest BCUT2D eigenvalue weighted by atomic mass is 16.3. The van der Waals surface area contributed by atoms with Crippen LogP contribution in [-0.4, -0.2) is 5.11 Å². The third-order valence-electron chi connectivity index (χ3n) is 5.05. The third-order valence-corrected chi connectivity index (χ3v) is 5.05. The molecule has 0 saturated heterocycles. The fourth-order valence-electron chi connectivity index (χ4n) is 3.40. The number of hydrogen-bond donors (Lipinski definition) is 1. The first kappa shape index (κ1) is 14.4. The monoisotopic (exact) mass is 284 g/mol. The molecule has 0 amide bonds. The molecule has 2 nitrogen and oxygen atoms in total. The van der Waals surface area contributed by atoms with Gasteiger partial charge < -0.3 is 9.52 Å². The molecule has 1 aromatic heterocycles. The predicted octanol–water partition coefficient (Wildman–Crippen LogP) is 4.71. The van der Waals surface area contributed by atoms with Crippen LogP contribution in [0.15, 0.2) is 41.2 Å². The van der Waals surface area contributed by atoms with E-state index < -0.39 is 6.10 Å². The lowest BCUT2D eigenvalue weighted by atomic mass is 9.63. The van der Waals surface area contributed by atoms with E-state index in [9.17, 15) is 5.11 Å². The van der Waals surface area contributed by atoms with Gasteiger partial charge in [-0.05, 0) is 46.4 Å². The van der Waals surface area contributed by atoms with Crippen LogP contribution in [0.25, 0.3) is 0 Å². The van der Waals surface area contributed by atoms with Gasteiger partial charge in [0.05, 0.1) is 12.5 Å². The number of hydrogen-bond acceptors (Lipinski definition) is 2. The Balaban J connectivity index is 2.08. The van der Waals surface area contributed by atoms with Crippen LogP contribution in [0.5, 0.6) is 0 Å². The quantitative estimate of drug-likeness (QED) is 0.866. The Hall–Kier alpha value is -1.54. The van der Waals surface area contributed by atoms with Gasteiger partial charge in [-0.3, -0.25) is 0 Å². The average Bonchev–Trinajstić information content (AvgIpc) is 2.97. The summed E-state index contributed by atoms with van der Waals surface area (Å²) in [4.78, 5) is 0. The van der Waals surface area contributed by atoms with Crippen LogP contribution < -0.4 is 0 Å². The Bertz CT molecular complexity index is 636. The Kier molecular flexibility index (Phi) is 3.25. The normalized spacial score (nSPS) is 20.8. The smallest absolute Gasteiger partial charge is 0.107 e. The maximum atomic E-state index is 10.5. The molecule has 21 heavy (non-hydrogen) atoms. The summed E-state index contributed by atoms with van der Waals surface area (Å²) in [6, 6.07) is 8.27. The molecule has 1 aromatic carbocycles. The molecule has 1 atom stereocenters. The van der Waals surface area contributed by atoms with Crippen molar-refractivity contribution in [1.29, 1.82) is 0 Å². The van der Waals surface area contributed by atoms with Crippen molar-refractivity contribution in [1.82, 2.24) is 0 Å². The highest BCUT2D eigenvalue weighted by molar-refractivity contribution is 5.45. The van der Waals surface area contributed by atoms with Crippen molar-refractivity contribution in [3.63, 3.8) is 0 Å². The highest BCUT2D eigenvalue weighted by Gasteiger charge is 2.37. The minimum Gasteiger partial charge on any atom is -0.472 e. The van der Waals surface area contributed by atoms with Crippen molar-refractivity contribution < 1.29 is 9.52 Å². The maximum absolute atomic E-state index is 10.5. The number of fused-ring (bicyclic) bond motifs is 1. The summed E-state index contributed by atoms with van der Waals surface area (Å²) in [7, 11) is 0. The molecule has 0 aliphatic heterocycles. The Morgan fingerprint density at radius 2 is 1.62 bits per heavy atom. The topological polar surface area (TPSA) is 33.4 Å². The lowest BCUT2D eigenvalue weighted by Crippen LogP contribution is -2.34. The Morgan fingerprint density at radius 3 is 2.24 bits per heavy atom. The molecule has 0 unspecified atom stereocenters. The molecule has 2 aromatic rings. The lowest BCUT2D eigenvalue weighted by Gasteiger charge is -2.42. The minimum absolute atomic E-state index is 0.164. The van der Waals surface area contributed by atoms with Gasteiger partial charge in [0.15, 0.2) is 0 Å². The first-order valence-electron chi connectivity index (χ1n) is 7.66. The largest absolute Gasteiger partial charge is 0.472 e. The van der Waals surface area contributed by atoms with E-state index in [1.807, 2.05) is 6.07 Å². The van der Waals surface area contributed by atoms with Gasteiger partial charge in [0.2, 0.25) is 0 Å². The van der Waals surface area contributed by atoms with E-state index in [1.165, 1.54) is 24.0 Å². The summed E-state index contributed by atoms with van der Waals surface area (Å²) in [6.45, 7) is 9.23. The molecule has 0 bridgehead atoms. The number of benzene rings is 1. The molecular formula is C19H24O2. The third kappa shape index (κ3) is 2.42. The van der Waals surface area contributed by atoms with Gasteiger partial charge in [-0.1, -0.05) is 45.9 Å². The van der Waals surface area contributed by atoms with Gasteiger partial charge in [0, 0.05) is 5.56 Å². The van der Waals surface area contributed by atoms with Gasteiger partial charge >= 0.3 is 0 Å². The molecule has 1 N–H and O–H groups in total. The molecule has 0 fully saturated rings. The summed E-state index contributed by atoms with van der Waals surface area (Å²) in [5.74, 6) is 0. The predicted molar refractivity (Wildman–Crippen MR) is 84.5 cm³/mol. The van der Waals surface area contributed by atoms with Gasteiger partial charge in [0.25, 0.3) is 0 Å². The van der Waals surface area contributed by atoms with Crippen molar-refractivity contribution in [3.05, 3.63) is 59.0 Å². The molecular weight excluding hydrogens is 260 g/mol. The number of rotatable bonds is 2. The van der Waals surface area contributed by atoms with Crippen molar-refractivity contribution in [2.75, 3.05) is 0 Å². The van der Waals surface area contributed by atoms with E-state index in [0.29, 0.717) is 0 Å². The molecule has 1 aliphatic carbocycles. The molecule has 0 saturated carbocycles. The summed E-state index contributed by atoms with van der Waals surface area (Å²) < 4.78 is 5.08. The van der Waals surface area contributed by atoms with Gasteiger partial charge in [-0.25, -0.2) is 0 Å². The maximum Gasteiger partial charge on any atom is 0.107 e. The minimum atomic E-state index is -0.616. The number of aliphatic hydroxyl groups is 1.